The molecule has 2 amide bonds. The van der Waals surface area contributed by atoms with Crippen molar-refractivity contribution in [3.63, 3.8) is 0 Å². The van der Waals surface area contributed by atoms with Crippen LogP contribution in [0.5, 0.6) is 0 Å². The fraction of sp³-hybridized carbons (Fsp3) is 0.300. The summed E-state index contributed by atoms with van der Waals surface area (Å²) in [4.78, 5) is 42.1. The second-order valence-electron chi connectivity index (χ2n) is 9.99. The van der Waals surface area contributed by atoms with Crippen LogP contribution in [-0.4, -0.2) is 43.9 Å². The van der Waals surface area contributed by atoms with Gasteiger partial charge in [0.2, 0.25) is 0 Å². The number of rotatable bonds is 6. The first-order valence-electron chi connectivity index (χ1n) is 13.5. The van der Waals surface area contributed by atoms with Crippen molar-refractivity contribution >= 4 is 23.2 Å². The van der Waals surface area contributed by atoms with E-state index in [4.69, 9.17) is 5.11 Å². The van der Waals surface area contributed by atoms with E-state index in [1.807, 2.05) is 6.92 Å². The molecule has 2 heterocycles. The maximum atomic E-state index is 14.4. The SMILES string of the molecule is CC(=O)c1ccc2c(c1C)CC[C@@H]2NC(=O)c1cc(C(=O)NCc2ccc(F)c(C(F)(F)F)c2)nc2c(F)cnn12.CCO. The van der Waals surface area contributed by atoms with Crippen LogP contribution in [0, 0.1) is 18.6 Å². The van der Waals surface area contributed by atoms with Crippen molar-refractivity contribution in [2.24, 2.45) is 0 Å². The normalized spacial score (nSPS) is 14.1. The predicted octanol–water partition coefficient (Wildman–Crippen LogP) is 4.88. The Bertz CT molecular complexity index is 1750. The molecule has 0 aliphatic heterocycles. The van der Waals surface area contributed by atoms with Gasteiger partial charge in [0, 0.05) is 24.8 Å². The van der Waals surface area contributed by atoms with Gasteiger partial charge < -0.3 is 15.7 Å². The Morgan fingerprint density at radius 2 is 1.77 bits per heavy atom. The summed E-state index contributed by atoms with van der Waals surface area (Å²) in [5.74, 6) is -4.00. The first-order valence-corrected chi connectivity index (χ1v) is 13.5. The van der Waals surface area contributed by atoms with Crippen LogP contribution < -0.4 is 10.6 Å². The topological polar surface area (TPSA) is 126 Å². The third-order valence-electron chi connectivity index (χ3n) is 7.06. The highest BCUT2D eigenvalue weighted by Gasteiger charge is 2.34. The zero-order valence-corrected chi connectivity index (χ0v) is 23.9. The van der Waals surface area contributed by atoms with E-state index in [-0.39, 0.29) is 29.3 Å². The van der Waals surface area contributed by atoms with Crippen molar-refractivity contribution in [1.82, 2.24) is 25.2 Å². The first kappa shape index (κ1) is 32.2. The van der Waals surface area contributed by atoms with Gasteiger partial charge in [0.05, 0.1) is 17.8 Å². The molecule has 2 aromatic carbocycles. The minimum Gasteiger partial charge on any atom is -0.397 e. The number of fused-ring (bicyclic) bond motifs is 2. The Labute approximate surface area is 248 Å². The maximum absolute atomic E-state index is 14.4. The third-order valence-corrected chi connectivity index (χ3v) is 7.06. The van der Waals surface area contributed by atoms with Crippen molar-refractivity contribution in [1.29, 1.82) is 0 Å². The highest BCUT2D eigenvalue weighted by molar-refractivity contribution is 5.99. The molecule has 44 heavy (non-hydrogen) atoms. The maximum Gasteiger partial charge on any atom is 0.419 e. The Morgan fingerprint density at radius 1 is 1.07 bits per heavy atom. The molecule has 1 aliphatic rings. The number of aliphatic hydroxyl groups is 1. The van der Waals surface area contributed by atoms with Gasteiger partial charge in [0.15, 0.2) is 17.2 Å². The molecule has 232 valence electrons. The Balaban J connectivity index is 0.00000141. The standard InChI is InChI=1S/C28H22F5N5O3.C2H6O/c1-13-16(14(2)39)4-5-18-17(13)6-8-22(18)37-27(41)24-10-23(36-25-21(30)12-35-38(24)25)26(40)34-11-15-3-7-20(29)19(9-15)28(31,32)33;1-2-3/h3-5,7,9-10,12,22H,6,8,11H2,1-2H3,(H,34,40)(H,37,41);3H,2H2,1H3/t22-;/m0./s1. The quantitative estimate of drug-likeness (QED) is 0.209. The number of benzene rings is 2. The van der Waals surface area contributed by atoms with E-state index in [0.29, 0.717) is 30.5 Å². The van der Waals surface area contributed by atoms with E-state index >= 15 is 0 Å². The number of alkyl halides is 3. The molecular weight excluding hydrogens is 589 g/mol. The summed E-state index contributed by atoms with van der Waals surface area (Å²) in [7, 11) is 0. The summed E-state index contributed by atoms with van der Waals surface area (Å²) < 4.78 is 68.1. The average Bonchev–Trinajstić information content (AvgIpc) is 3.55. The summed E-state index contributed by atoms with van der Waals surface area (Å²) in [5, 5.41) is 16.6. The lowest BCUT2D eigenvalue weighted by molar-refractivity contribution is -0.140. The van der Waals surface area contributed by atoms with Crippen molar-refractivity contribution in [3.05, 3.63) is 99.0 Å². The number of amides is 2. The molecule has 4 aromatic rings. The zero-order chi connectivity index (χ0) is 32.3. The molecule has 3 N–H and O–H groups in total. The largest absolute Gasteiger partial charge is 0.419 e. The van der Waals surface area contributed by atoms with Crippen molar-refractivity contribution < 1.29 is 41.4 Å². The summed E-state index contributed by atoms with van der Waals surface area (Å²) in [6.07, 6.45) is -2.92. The van der Waals surface area contributed by atoms with E-state index in [1.165, 1.54) is 6.92 Å². The number of ketones is 1. The van der Waals surface area contributed by atoms with Crippen LogP contribution in [0.15, 0.2) is 42.6 Å². The molecule has 0 saturated carbocycles. The van der Waals surface area contributed by atoms with Gasteiger partial charge in [-0.25, -0.2) is 18.3 Å². The van der Waals surface area contributed by atoms with E-state index in [0.717, 1.165) is 39.5 Å². The van der Waals surface area contributed by atoms with E-state index in [9.17, 15) is 36.3 Å². The van der Waals surface area contributed by atoms with E-state index < -0.39 is 53.4 Å². The Morgan fingerprint density at radius 3 is 2.43 bits per heavy atom. The van der Waals surface area contributed by atoms with Crippen molar-refractivity contribution in [2.45, 2.75) is 52.4 Å². The molecule has 0 unspecified atom stereocenters. The molecule has 14 heteroatoms. The average molecular weight is 618 g/mol. The van der Waals surface area contributed by atoms with Gasteiger partial charge in [-0.15, -0.1) is 0 Å². The van der Waals surface area contributed by atoms with Crippen molar-refractivity contribution in [3.8, 4) is 0 Å². The van der Waals surface area contributed by atoms with Crippen LogP contribution in [0.4, 0.5) is 22.0 Å². The number of Topliss-reactive ketones (excluding diaryl/α,β-unsaturated/α-hetero) is 1. The number of nitrogens with zero attached hydrogens (tertiary/aromatic N) is 3. The molecule has 0 bridgehead atoms. The van der Waals surface area contributed by atoms with Crippen LogP contribution in [0.2, 0.25) is 0 Å². The number of nitrogens with one attached hydrogen (secondary N) is 2. The monoisotopic (exact) mass is 617 g/mol. The van der Waals surface area contributed by atoms with Crippen molar-refractivity contribution in [2.75, 3.05) is 6.61 Å². The number of aliphatic hydroxyl groups excluding tert-OH is 1. The molecule has 0 fully saturated rings. The summed E-state index contributed by atoms with van der Waals surface area (Å²) in [6, 6.07) is 6.46. The van der Waals surface area contributed by atoms with Crippen LogP contribution in [0.3, 0.4) is 0 Å². The van der Waals surface area contributed by atoms with E-state index in [2.05, 4.69) is 20.7 Å². The minimum atomic E-state index is -4.92. The number of carbonyl (C=O) groups is 3. The van der Waals surface area contributed by atoms with E-state index in [1.54, 1.807) is 19.1 Å². The number of aromatic nitrogens is 3. The van der Waals surface area contributed by atoms with Gasteiger partial charge in [0.25, 0.3) is 11.8 Å². The Hall–Kier alpha value is -4.72. The fourth-order valence-electron chi connectivity index (χ4n) is 5.03. The molecule has 2 aromatic heterocycles. The second-order valence-corrected chi connectivity index (χ2v) is 9.99. The molecule has 9 nitrogen and oxygen atoms in total. The van der Waals surface area contributed by atoms with Gasteiger partial charge >= 0.3 is 6.18 Å². The van der Waals surface area contributed by atoms with Gasteiger partial charge in [-0.3, -0.25) is 14.4 Å². The molecule has 0 radical (unpaired) electrons. The number of halogens is 5. The van der Waals surface area contributed by atoms with Gasteiger partial charge in [-0.2, -0.15) is 18.3 Å². The lowest BCUT2D eigenvalue weighted by atomic mass is 9.96. The number of carbonyl (C=O) groups excluding carboxylic acids is 3. The number of hydrogen-bond donors (Lipinski definition) is 3. The van der Waals surface area contributed by atoms with Crippen LogP contribution in [-0.2, 0) is 19.1 Å². The van der Waals surface area contributed by atoms with Crippen LogP contribution >= 0.6 is 0 Å². The van der Waals surface area contributed by atoms with Gasteiger partial charge in [-0.05, 0) is 68.0 Å². The molecule has 5 rings (SSSR count). The van der Waals surface area contributed by atoms with Crippen LogP contribution in [0.25, 0.3) is 5.65 Å². The lowest BCUT2D eigenvalue weighted by Crippen LogP contribution is -2.30. The third kappa shape index (κ3) is 6.59. The molecule has 1 aliphatic carbocycles. The highest BCUT2D eigenvalue weighted by atomic mass is 19.4. The highest BCUT2D eigenvalue weighted by Crippen LogP contribution is 2.35. The molecule has 1 atom stereocenters. The summed E-state index contributed by atoms with van der Waals surface area (Å²) in [6.45, 7) is 4.84. The van der Waals surface area contributed by atoms with Crippen LogP contribution in [0.1, 0.15) is 85.5 Å². The molecule has 0 spiro atoms. The van der Waals surface area contributed by atoms with Gasteiger partial charge in [-0.1, -0.05) is 18.2 Å². The molecule has 0 saturated heterocycles. The Kier molecular flexibility index (Phi) is 9.42. The second kappa shape index (κ2) is 12.9. The zero-order valence-electron chi connectivity index (χ0n) is 23.9. The smallest absolute Gasteiger partial charge is 0.397 e. The fourth-order valence-corrected chi connectivity index (χ4v) is 5.03. The minimum absolute atomic E-state index is 0.0372. The summed E-state index contributed by atoms with van der Waals surface area (Å²) >= 11 is 0. The molecular formula is C30H28F5N5O4. The predicted molar refractivity (Wildman–Crippen MR) is 148 cm³/mol. The number of hydrogen-bond acceptors (Lipinski definition) is 6. The summed E-state index contributed by atoms with van der Waals surface area (Å²) in [5.41, 5.74) is 0.743. The first-order chi connectivity index (χ1) is 20.8. The lowest BCUT2D eigenvalue weighted by Gasteiger charge is -2.16. The van der Waals surface area contributed by atoms with Gasteiger partial charge in [0.1, 0.15) is 17.2 Å².